The molecule has 2 aromatic carbocycles. The molecule has 4 rings (SSSR count). The fourth-order valence-electron chi connectivity index (χ4n) is 3.84. The van der Waals surface area contributed by atoms with Crippen LogP contribution in [0.3, 0.4) is 0 Å². The molecule has 0 spiro atoms. The van der Waals surface area contributed by atoms with E-state index < -0.39 is 17.5 Å². The van der Waals surface area contributed by atoms with Gasteiger partial charge in [-0.3, -0.25) is 19.9 Å². The second-order valence-electron chi connectivity index (χ2n) is 8.09. The Hall–Kier alpha value is -4.32. The first kappa shape index (κ1) is 22.9. The van der Waals surface area contributed by atoms with Crippen molar-refractivity contribution in [3.05, 3.63) is 64.7 Å². The van der Waals surface area contributed by atoms with Crippen LogP contribution in [0.1, 0.15) is 40.4 Å². The number of hydrogen-bond donors (Lipinski definition) is 3. The largest absolute Gasteiger partial charge is 0.497 e. The topological polar surface area (TPSA) is 126 Å². The summed E-state index contributed by atoms with van der Waals surface area (Å²) in [5.74, 6) is 6.01. The minimum atomic E-state index is -1.57. The molecular weight excluding hydrogens is 434 g/mol. The molecule has 2 heterocycles. The standard InChI is InChI=1S/C25H25N5O4/c1-3-12-27-21(26)17-6-4-16(5-7-17)10-11-25(23(32)28-24(33)29-25)15-30-14-18-8-9-19(34-2)13-20(18)22(30)31/h4-9,13H,3,12,14-15H2,1-2H3,(H2,26,27)(H2,28,29,32,33). The van der Waals surface area contributed by atoms with Crippen molar-refractivity contribution in [3.63, 3.8) is 0 Å². The molecule has 9 heteroatoms. The van der Waals surface area contributed by atoms with Crippen molar-refractivity contribution in [1.82, 2.24) is 15.5 Å². The van der Waals surface area contributed by atoms with Gasteiger partial charge in [-0.25, -0.2) is 4.79 Å². The van der Waals surface area contributed by atoms with E-state index >= 15 is 0 Å². The van der Waals surface area contributed by atoms with Crippen LogP contribution in [0.15, 0.2) is 47.5 Å². The number of methoxy groups -OCH3 is 1. The number of benzene rings is 2. The fourth-order valence-corrected chi connectivity index (χ4v) is 3.84. The average Bonchev–Trinajstić information content (AvgIpc) is 3.30. The molecule has 1 atom stereocenters. The molecule has 174 valence electrons. The van der Waals surface area contributed by atoms with Gasteiger partial charge in [0, 0.05) is 29.8 Å². The lowest BCUT2D eigenvalue weighted by Crippen LogP contribution is -2.54. The number of nitrogens with zero attached hydrogens (tertiary/aromatic N) is 2. The molecule has 1 saturated heterocycles. The molecule has 0 bridgehead atoms. The summed E-state index contributed by atoms with van der Waals surface area (Å²) in [5.41, 5.74) is 7.14. The van der Waals surface area contributed by atoms with E-state index in [0.717, 1.165) is 17.5 Å². The summed E-state index contributed by atoms with van der Waals surface area (Å²) in [6.07, 6.45) is 0.901. The van der Waals surface area contributed by atoms with Crippen molar-refractivity contribution in [3.8, 4) is 17.6 Å². The van der Waals surface area contributed by atoms with Gasteiger partial charge in [-0.05, 0) is 36.2 Å². The van der Waals surface area contributed by atoms with Gasteiger partial charge < -0.3 is 20.7 Å². The highest BCUT2D eigenvalue weighted by atomic mass is 16.5. The van der Waals surface area contributed by atoms with Crippen molar-refractivity contribution in [1.29, 1.82) is 0 Å². The first-order valence-electron chi connectivity index (χ1n) is 10.9. The Labute approximate surface area is 197 Å². The minimum Gasteiger partial charge on any atom is -0.497 e. The van der Waals surface area contributed by atoms with Gasteiger partial charge in [0.25, 0.3) is 11.8 Å². The number of amides is 4. The summed E-state index contributed by atoms with van der Waals surface area (Å²) in [6, 6.07) is 11.7. The van der Waals surface area contributed by atoms with Gasteiger partial charge in [0.1, 0.15) is 11.6 Å². The van der Waals surface area contributed by atoms with E-state index in [1.54, 1.807) is 36.4 Å². The fraction of sp³-hybridized carbons (Fsp3) is 0.280. The summed E-state index contributed by atoms with van der Waals surface area (Å²) in [6.45, 7) is 2.88. The summed E-state index contributed by atoms with van der Waals surface area (Å²) in [5, 5.41) is 4.84. The second kappa shape index (κ2) is 9.27. The SMILES string of the molecule is CCCN=C(N)c1ccc(C#CC2(CN3Cc4ccc(OC)cc4C3=O)NC(=O)NC2=O)cc1. The Morgan fingerprint density at radius 2 is 1.97 bits per heavy atom. The molecule has 2 aromatic rings. The zero-order valence-corrected chi connectivity index (χ0v) is 19.0. The van der Waals surface area contributed by atoms with Crippen LogP contribution in [0.4, 0.5) is 4.79 Å². The summed E-state index contributed by atoms with van der Waals surface area (Å²) >= 11 is 0. The predicted octanol–water partition coefficient (Wildman–Crippen LogP) is 1.40. The number of nitrogens with one attached hydrogen (secondary N) is 2. The van der Waals surface area contributed by atoms with Crippen LogP contribution in [0, 0.1) is 11.8 Å². The molecule has 1 fully saturated rings. The van der Waals surface area contributed by atoms with Crippen molar-refractivity contribution in [2.75, 3.05) is 20.2 Å². The molecule has 1 unspecified atom stereocenters. The zero-order chi connectivity index (χ0) is 24.3. The lowest BCUT2D eigenvalue weighted by molar-refractivity contribution is -0.122. The number of fused-ring (bicyclic) bond motifs is 1. The third-order valence-corrected chi connectivity index (χ3v) is 5.67. The number of carbonyl (C=O) groups is 3. The summed E-state index contributed by atoms with van der Waals surface area (Å²) in [4.78, 5) is 43.5. The van der Waals surface area contributed by atoms with Crippen LogP contribution in [0.5, 0.6) is 5.75 Å². The number of rotatable bonds is 6. The number of aliphatic imine (C=N–C) groups is 1. The number of amidine groups is 1. The molecule has 0 radical (unpaired) electrons. The predicted molar refractivity (Wildman–Crippen MR) is 126 cm³/mol. The van der Waals surface area contributed by atoms with Crippen molar-refractivity contribution < 1.29 is 19.1 Å². The van der Waals surface area contributed by atoms with Gasteiger partial charge in [-0.1, -0.05) is 37.0 Å². The Bertz CT molecular complexity index is 1240. The number of ether oxygens (including phenoxy) is 1. The van der Waals surface area contributed by atoms with E-state index in [0.29, 0.717) is 35.8 Å². The van der Waals surface area contributed by atoms with E-state index in [1.165, 1.54) is 12.0 Å². The first-order valence-corrected chi connectivity index (χ1v) is 10.9. The van der Waals surface area contributed by atoms with Gasteiger partial charge in [-0.15, -0.1) is 0 Å². The zero-order valence-electron chi connectivity index (χ0n) is 19.0. The molecular formula is C25H25N5O4. The van der Waals surface area contributed by atoms with E-state index in [9.17, 15) is 14.4 Å². The average molecular weight is 460 g/mol. The van der Waals surface area contributed by atoms with Crippen LogP contribution in [0.25, 0.3) is 0 Å². The quantitative estimate of drug-likeness (QED) is 0.261. The smallest absolute Gasteiger partial charge is 0.323 e. The number of nitrogens with two attached hydrogens (primary N) is 1. The maximum Gasteiger partial charge on any atom is 0.323 e. The molecule has 0 aromatic heterocycles. The van der Waals surface area contributed by atoms with Crippen LogP contribution < -0.4 is 21.1 Å². The Morgan fingerprint density at radius 3 is 2.62 bits per heavy atom. The van der Waals surface area contributed by atoms with Crippen molar-refractivity contribution in [2.24, 2.45) is 10.7 Å². The third-order valence-electron chi connectivity index (χ3n) is 5.67. The monoisotopic (exact) mass is 459 g/mol. The first-order chi connectivity index (χ1) is 16.3. The Morgan fingerprint density at radius 1 is 1.21 bits per heavy atom. The van der Waals surface area contributed by atoms with E-state index in [-0.39, 0.29) is 12.5 Å². The van der Waals surface area contributed by atoms with Gasteiger partial charge in [-0.2, -0.15) is 0 Å². The molecule has 34 heavy (non-hydrogen) atoms. The van der Waals surface area contributed by atoms with Gasteiger partial charge in [0.2, 0.25) is 5.54 Å². The van der Waals surface area contributed by atoms with E-state index in [4.69, 9.17) is 10.5 Å². The molecule has 2 aliphatic heterocycles. The number of urea groups is 1. The lowest BCUT2D eigenvalue weighted by atomic mass is 9.99. The number of carbonyl (C=O) groups excluding carboxylic acids is 3. The summed E-state index contributed by atoms with van der Waals surface area (Å²) in [7, 11) is 1.53. The number of imide groups is 1. The number of hydrogen-bond acceptors (Lipinski definition) is 5. The Kier molecular flexibility index (Phi) is 6.23. The van der Waals surface area contributed by atoms with Crippen molar-refractivity contribution in [2.45, 2.75) is 25.4 Å². The Balaban J connectivity index is 1.58. The maximum absolute atomic E-state index is 13.0. The van der Waals surface area contributed by atoms with E-state index in [1.807, 2.05) is 13.0 Å². The molecule has 2 aliphatic rings. The van der Waals surface area contributed by atoms with E-state index in [2.05, 4.69) is 27.5 Å². The highest BCUT2D eigenvalue weighted by Gasteiger charge is 2.48. The highest BCUT2D eigenvalue weighted by molar-refractivity contribution is 6.10. The van der Waals surface area contributed by atoms with Crippen LogP contribution in [0.2, 0.25) is 0 Å². The van der Waals surface area contributed by atoms with Crippen LogP contribution in [-0.4, -0.2) is 54.3 Å². The molecule has 0 saturated carbocycles. The van der Waals surface area contributed by atoms with Gasteiger partial charge in [0.05, 0.1) is 13.7 Å². The molecule has 4 amide bonds. The normalized spacial score (nSPS) is 19.3. The lowest BCUT2D eigenvalue weighted by Gasteiger charge is -2.26. The van der Waals surface area contributed by atoms with Crippen molar-refractivity contribution >= 4 is 23.7 Å². The highest BCUT2D eigenvalue weighted by Crippen LogP contribution is 2.28. The maximum atomic E-state index is 13.0. The van der Waals surface area contributed by atoms with Gasteiger partial charge in [0.15, 0.2) is 0 Å². The van der Waals surface area contributed by atoms with Gasteiger partial charge >= 0.3 is 6.03 Å². The molecule has 0 aliphatic carbocycles. The van der Waals surface area contributed by atoms with Crippen LogP contribution >= 0.6 is 0 Å². The third kappa shape index (κ3) is 4.43. The second-order valence-corrected chi connectivity index (χ2v) is 8.09. The molecule has 4 N–H and O–H groups in total. The van der Waals surface area contributed by atoms with Crippen LogP contribution in [-0.2, 0) is 11.3 Å². The minimum absolute atomic E-state index is 0.0951. The molecule has 9 nitrogen and oxygen atoms in total. The summed E-state index contributed by atoms with van der Waals surface area (Å²) < 4.78 is 5.21.